The molecule has 2 N–H and O–H groups in total. The second-order valence-electron chi connectivity index (χ2n) is 20.4. The van der Waals surface area contributed by atoms with Crippen molar-refractivity contribution in [3.05, 3.63) is 231 Å². The van der Waals surface area contributed by atoms with Crippen LogP contribution in [0.3, 0.4) is 0 Å². The van der Waals surface area contributed by atoms with Gasteiger partial charge in [0.05, 0.1) is 55.0 Å². The van der Waals surface area contributed by atoms with E-state index in [-0.39, 0.29) is 36.8 Å². The van der Waals surface area contributed by atoms with Crippen molar-refractivity contribution in [2.75, 3.05) is 68.2 Å². The van der Waals surface area contributed by atoms with Crippen LogP contribution < -0.4 is 19.9 Å². The number of aliphatic hydroxyl groups excluding tert-OH is 1. The number of carbonyl (C=O) groups is 4. The Morgan fingerprint density at radius 3 is 2.16 bits per heavy atom. The molecule has 0 unspecified atom stereocenters. The SMILES string of the molecule is CN(CC#Cc1ccc2c(c1)[C@]1(C(=O)N2C(=O)OCc2ccc([N+](=O)[O-])cc2)[C@H](c2cccc(OCCO)c2)N2[C@H](c3ccccc3)[C@H](c3ccccc3)OC(=O)[C@H]2[C@@H]1C(=O)Nc1ccc(N2CCOCC2)cc1)Cc1ccccc1. The van der Waals surface area contributed by atoms with Gasteiger partial charge in [-0.3, -0.25) is 34.3 Å². The van der Waals surface area contributed by atoms with E-state index in [2.05, 4.69) is 27.0 Å². The van der Waals surface area contributed by atoms with Crippen molar-refractivity contribution in [3.63, 3.8) is 0 Å². The van der Waals surface area contributed by atoms with E-state index < -0.39 is 64.4 Å². The molecule has 3 amide bonds. The molecular formula is C64H58N6O11. The van der Waals surface area contributed by atoms with Crippen molar-refractivity contribution in [1.29, 1.82) is 0 Å². The second-order valence-corrected chi connectivity index (χ2v) is 20.4. The minimum Gasteiger partial charge on any atom is -0.491 e. The smallest absolute Gasteiger partial charge is 0.421 e. The summed E-state index contributed by atoms with van der Waals surface area (Å²) in [5.41, 5.74) is 3.08. The molecule has 0 bridgehead atoms. The molecule has 11 rings (SSSR count). The fourth-order valence-electron chi connectivity index (χ4n) is 11.9. The Labute approximate surface area is 468 Å². The fraction of sp³-hybridized carbons (Fsp3) is 0.250. The number of nitro benzene ring substituents is 1. The first-order valence-electron chi connectivity index (χ1n) is 26.8. The standard InChI is InChI=1S/C64H58N6O11/c1-66(41-44-13-5-2-6-14-44)32-12-15-43-24-31-54-53(39-43)64(62(74)68(54)63(75)80-42-45-22-27-51(28-23-45)70(76)77)55(60(72)65-49-25-29-50(30-26-49)67-33-36-78-37-34-67)57-61(73)81-58(47-18-9-4-10-19-47)56(46-16-7-3-8-17-46)69(57)59(64)48-20-11-21-52(40-48)79-38-35-71/h2-11,13-14,16-31,39-40,55-59,71H,32-38,41-42H2,1H3,(H,65,72)/t55-,56-,57-,58+,59+,64-/m1/s1. The number of ether oxygens (including phenoxy) is 4. The molecule has 7 aromatic rings. The molecule has 0 aromatic heterocycles. The molecule has 4 aliphatic rings. The van der Waals surface area contributed by atoms with Crippen molar-refractivity contribution in [1.82, 2.24) is 9.80 Å². The zero-order valence-corrected chi connectivity index (χ0v) is 44.3. The van der Waals surface area contributed by atoms with Crippen LogP contribution in [0.1, 0.15) is 57.1 Å². The van der Waals surface area contributed by atoms with Crippen molar-refractivity contribution >= 4 is 46.6 Å². The summed E-state index contributed by atoms with van der Waals surface area (Å²) in [5.74, 6) is 2.94. The lowest BCUT2D eigenvalue weighted by atomic mass is 9.65. The predicted molar refractivity (Wildman–Crippen MR) is 302 cm³/mol. The summed E-state index contributed by atoms with van der Waals surface area (Å²) in [7, 11) is 1.96. The molecule has 4 heterocycles. The quantitative estimate of drug-likeness (QED) is 0.0428. The van der Waals surface area contributed by atoms with Crippen LogP contribution in [-0.4, -0.2) is 103 Å². The van der Waals surface area contributed by atoms with Crippen LogP contribution in [0.5, 0.6) is 5.75 Å². The number of rotatable bonds is 15. The Balaban J connectivity index is 1.12. The first kappa shape index (κ1) is 53.8. The number of aliphatic hydroxyl groups is 1. The van der Waals surface area contributed by atoms with Crippen LogP contribution in [0.4, 0.5) is 27.5 Å². The number of benzene rings is 7. The van der Waals surface area contributed by atoms with E-state index in [9.17, 15) is 15.2 Å². The molecule has 1 spiro atoms. The molecule has 81 heavy (non-hydrogen) atoms. The maximum atomic E-state index is 16.9. The van der Waals surface area contributed by atoms with Crippen LogP contribution in [0, 0.1) is 27.9 Å². The average Bonchev–Trinajstić information content (AvgIpc) is 2.98. The molecule has 7 aromatic carbocycles. The van der Waals surface area contributed by atoms with Gasteiger partial charge in [-0.1, -0.05) is 115 Å². The summed E-state index contributed by atoms with van der Waals surface area (Å²) in [4.78, 5) is 82.1. The first-order chi connectivity index (χ1) is 39.5. The predicted octanol–water partition coefficient (Wildman–Crippen LogP) is 8.93. The highest BCUT2D eigenvalue weighted by Gasteiger charge is 2.76. The number of nitrogens with zero attached hydrogens (tertiary/aromatic N) is 5. The maximum absolute atomic E-state index is 16.9. The van der Waals surface area contributed by atoms with Gasteiger partial charge in [0.25, 0.3) is 5.69 Å². The second kappa shape index (κ2) is 23.7. The summed E-state index contributed by atoms with van der Waals surface area (Å²) in [6.45, 7) is 2.75. The minimum absolute atomic E-state index is 0.0608. The zero-order chi connectivity index (χ0) is 56.0. The summed E-state index contributed by atoms with van der Waals surface area (Å²) in [6, 6.07) is 50.0. The monoisotopic (exact) mass is 1090 g/mol. The van der Waals surface area contributed by atoms with Crippen molar-refractivity contribution in [3.8, 4) is 17.6 Å². The van der Waals surface area contributed by atoms with Gasteiger partial charge in [-0.2, -0.15) is 0 Å². The summed E-state index contributed by atoms with van der Waals surface area (Å²) in [6.07, 6.45) is -2.08. The van der Waals surface area contributed by atoms with E-state index in [1.54, 1.807) is 54.6 Å². The number of hydrogen-bond donors (Lipinski definition) is 2. The molecule has 6 atom stereocenters. The maximum Gasteiger partial charge on any atom is 0.421 e. The van der Waals surface area contributed by atoms with E-state index in [1.165, 1.54) is 24.3 Å². The Bertz CT molecular complexity index is 3500. The Morgan fingerprint density at radius 2 is 1.47 bits per heavy atom. The number of esters is 1. The number of hydrogen-bond acceptors (Lipinski definition) is 14. The first-order valence-corrected chi connectivity index (χ1v) is 26.8. The third-order valence-electron chi connectivity index (χ3n) is 15.4. The van der Waals surface area contributed by atoms with Crippen LogP contribution in [-0.2, 0) is 47.2 Å². The number of fused-ring (bicyclic) bond motifs is 3. The van der Waals surface area contributed by atoms with Gasteiger partial charge in [0.2, 0.25) is 11.8 Å². The number of anilines is 3. The normalized spacial score (nSPS) is 21.1. The molecule has 3 saturated heterocycles. The van der Waals surface area contributed by atoms with E-state index in [0.29, 0.717) is 78.6 Å². The molecule has 410 valence electrons. The molecular weight excluding hydrogens is 1030 g/mol. The van der Waals surface area contributed by atoms with E-state index >= 15 is 19.2 Å². The van der Waals surface area contributed by atoms with E-state index in [0.717, 1.165) is 16.2 Å². The van der Waals surface area contributed by atoms with Gasteiger partial charge in [0, 0.05) is 48.7 Å². The van der Waals surface area contributed by atoms with Gasteiger partial charge >= 0.3 is 12.1 Å². The summed E-state index contributed by atoms with van der Waals surface area (Å²) >= 11 is 0. The number of nitro groups is 1. The molecule has 4 aliphatic heterocycles. The van der Waals surface area contributed by atoms with Gasteiger partial charge in [-0.05, 0) is 107 Å². The topological polar surface area (TPSA) is 194 Å². The number of carbonyl (C=O) groups excluding carboxylic acids is 4. The molecule has 0 saturated carbocycles. The largest absolute Gasteiger partial charge is 0.491 e. The van der Waals surface area contributed by atoms with Gasteiger partial charge in [-0.15, -0.1) is 0 Å². The van der Waals surface area contributed by atoms with E-state index in [1.807, 2.05) is 115 Å². The van der Waals surface area contributed by atoms with Crippen LogP contribution in [0.25, 0.3) is 0 Å². The molecule has 0 radical (unpaired) electrons. The average molecular weight is 1090 g/mol. The van der Waals surface area contributed by atoms with Crippen LogP contribution in [0.15, 0.2) is 182 Å². The molecule has 3 fully saturated rings. The summed E-state index contributed by atoms with van der Waals surface area (Å²) in [5, 5.41) is 24.6. The number of morpholine rings is 2. The Kier molecular flexibility index (Phi) is 15.7. The number of cyclic esters (lactones) is 1. The number of non-ortho nitro benzene ring substituents is 1. The highest BCUT2D eigenvalue weighted by molar-refractivity contribution is 6.24. The Morgan fingerprint density at radius 1 is 0.790 bits per heavy atom. The van der Waals surface area contributed by atoms with Crippen LogP contribution in [0.2, 0.25) is 0 Å². The summed E-state index contributed by atoms with van der Waals surface area (Å²) < 4.78 is 24.3. The number of amides is 3. The Hall–Kier alpha value is -9.18. The highest BCUT2D eigenvalue weighted by atomic mass is 16.6. The van der Waals surface area contributed by atoms with Crippen molar-refractivity contribution in [2.45, 2.75) is 42.8 Å². The van der Waals surface area contributed by atoms with Gasteiger partial charge in [0.15, 0.2) is 0 Å². The van der Waals surface area contributed by atoms with Gasteiger partial charge in [-0.25, -0.2) is 9.69 Å². The van der Waals surface area contributed by atoms with Gasteiger partial charge in [0.1, 0.15) is 36.5 Å². The van der Waals surface area contributed by atoms with Crippen LogP contribution >= 0.6 is 0 Å². The number of imide groups is 1. The lowest BCUT2D eigenvalue weighted by Crippen LogP contribution is -2.54. The molecule has 17 nitrogen and oxygen atoms in total. The minimum atomic E-state index is -2.17. The third-order valence-corrected chi connectivity index (χ3v) is 15.4. The lowest BCUT2D eigenvalue weighted by Gasteiger charge is -2.46. The molecule has 0 aliphatic carbocycles. The van der Waals surface area contributed by atoms with Gasteiger partial charge < -0.3 is 34.3 Å². The lowest BCUT2D eigenvalue weighted by molar-refractivity contribution is -0.384. The molecule has 17 heteroatoms. The fourth-order valence-corrected chi connectivity index (χ4v) is 11.9. The number of nitrogens with one attached hydrogen (secondary N) is 1. The van der Waals surface area contributed by atoms with Crippen molar-refractivity contribution in [2.24, 2.45) is 5.92 Å². The van der Waals surface area contributed by atoms with Crippen molar-refractivity contribution < 1.29 is 48.2 Å². The van der Waals surface area contributed by atoms with E-state index in [4.69, 9.17) is 18.9 Å². The highest BCUT2D eigenvalue weighted by Crippen LogP contribution is 2.66. The third kappa shape index (κ3) is 10.7. The zero-order valence-electron chi connectivity index (χ0n) is 44.3.